The summed E-state index contributed by atoms with van der Waals surface area (Å²) in [5.41, 5.74) is 4.23. The van der Waals surface area contributed by atoms with Crippen molar-refractivity contribution in [3.63, 3.8) is 0 Å². The molecular formula is C18H23ClN4O2. The van der Waals surface area contributed by atoms with Crippen LogP contribution in [-0.4, -0.2) is 27.5 Å². The highest BCUT2D eigenvalue weighted by Crippen LogP contribution is 2.21. The molecule has 25 heavy (non-hydrogen) atoms. The zero-order chi connectivity index (χ0) is 18.6. The number of nitrogens with one attached hydrogen (secondary N) is 1. The van der Waals surface area contributed by atoms with E-state index in [1.165, 1.54) is 0 Å². The van der Waals surface area contributed by atoms with Crippen molar-refractivity contribution in [3.8, 4) is 5.75 Å². The van der Waals surface area contributed by atoms with Gasteiger partial charge in [-0.05, 0) is 58.9 Å². The molecule has 0 spiro atoms. The summed E-state index contributed by atoms with van der Waals surface area (Å²) in [5, 5.41) is 9.08. The normalized spacial score (nSPS) is 11.8. The molecular weight excluding hydrogens is 340 g/mol. The van der Waals surface area contributed by atoms with E-state index in [2.05, 4.69) is 15.6 Å². The van der Waals surface area contributed by atoms with Crippen molar-refractivity contribution < 1.29 is 9.53 Å². The van der Waals surface area contributed by atoms with Crippen molar-refractivity contribution in [2.24, 2.45) is 5.10 Å². The second-order valence-electron chi connectivity index (χ2n) is 6.17. The lowest BCUT2D eigenvalue weighted by Crippen LogP contribution is -2.44. The molecule has 1 aromatic heterocycles. The number of nitrogens with zero attached hydrogens (tertiary/aromatic N) is 3. The summed E-state index contributed by atoms with van der Waals surface area (Å²) in [4.78, 5) is 12.4. The van der Waals surface area contributed by atoms with Gasteiger partial charge in [0, 0.05) is 22.8 Å². The number of benzene rings is 1. The second kappa shape index (κ2) is 7.70. The average molecular weight is 363 g/mol. The zero-order valence-corrected chi connectivity index (χ0v) is 15.9. The van der Waals surface area contributed by atoms with Crippen LogP contribution in [0.1, 0.15) is 37.7 Å². The Morgan fingerprint density at radius 1 is 1.36 bits per heavy atom. The number of amides is 1. The minimum Gasteiger partial charge on any atom is -0.478 e. The van der Waals surface area contributed by atoms with Crippen molar-refractivity contribution >= 4 is 23.7 Å². The molecule has 0 radical (unpaired) electrons. The molecule has 1 heterocycles. The van der Waals surface area contributed by atoms with Crippen LogP contribution < -0.4 is 10.2 Å². The fourth-order valence-electron chi connectivity index (χ4n) is 2.34. The van der Waals surface area contributed by atoms with E-state index >= 15 is 0 Å². The van der Waals surface area contributed by atoms with Crippen LogP contribution in [0.2, 0.25) is 5.02 Å². The van der Waals surface area contributed by atoms with Crippen molar-refractivity contribution in [2.75, 3.05) is 0 Å². The van der Waals surface area contributed by atoms with Gasteiger partial charge in [0.15, 0.2) is 5.60 Å². The predicted molar refractivity (Wildman–Crippen MR) is 99.3 cm³/mol. The van der Waals surface area contributed by atoms with Crippen LogP contribution in [0.4, 0.5) is 0 Å². The minimum atomic E-state index is -1.08. The van der Waals surface area contributed by atoms with Crippen molar-refractivity contribution in [3.05, 3.63) is 46.2 Å². The Kier molecular flexibility index (Phi) is 5.85. The molecule has 134 valence electrons. The van der Waals surface area contributed by atoms with Gasteiger partial charge >= 0.3 is 0 Å². The Balaban J connectivity index is 2.03. The Bertz CT molecular complexity index is 779. The first kappa shape index (κ1) is 19.0. The molecule has 0 saturated heterocycles. The Labute approximate surface area is 152 Å². The molecule has 1 N–H and O–H groups in total. The third-order valence-electron chi connectivity index (χ3n) is 3.83. The average Bonchev–Trinajstić information content (AvgIpc) is 2.84. The zero-order valence-electron chi connectivity index (χ0n) is 15.1. The molecule has 0 aliphatic carbocycles. The van der Waals surface area contributed by atoms with E-state index in [0.29, 0.717) is 10.8 Å². The molecule has 7 heteroatoms. The molecule has 0 aliphatic rings. The Hall–Kier alpha value is -2.34. The van der Waals surface area contributed by atoms with Crippen LogP contribution in [0.15, 0.2) is 29.4 Å². The van der Waals surface area contributed by atoms with E-state index in [9.17, 15) is 4.79 Å². The molecule has 6 nitrogen and oxygen atoms in total. The first-order valence-electron chi connectivity index (χ1n) is 8.06. The highest BCUT2D eigenvalue weighted by molar-refractivity contribution is 6.30. The second-order valence-corrected chi connectivity index (χ2v) is 6.60. The van der Waals surface area contributed by atoms with E-state index in [-0.39, 0.29) is 5.91 Å². The van der Waals surface area contributed by atoms with Crippen molar-refractivity contribution in [1.82, 2.24) is 15.2 Å². The third kappa shape index (κ3) is 4.60. The largest absolute Gasteiger partial charge is 0.478 e. The highest BCUT2D eigenvalue weighted by Gasteiger charge is 2.29. The number of hydrogen-bond donors (Lipinski definition) is 1. The molecule has 2 aromatic rings. The van der Waals surface area contributed by atoms with Gasteiger partial charge < -0.3 is 4.74 Å². The molecule has 0 unspecified atom stereocenters. The molecule has 0 aliphatic heterocycles. The van der Waals surface area contributed by atoms with Gasteiger partial charge in [0.25, 0.3) is 5.91 Å². The number of hydrazone groups is 1. The number of halogens is 1. The number of carbonyl (C=O) groups is 1. The van der Waals surface area contributed by atoms with Gasteiger partial charge in [-0.3, -0.25) is 9.48 Å². The topological polar surface area (TPSA) is 68.5 Å². The first-order chi connectivity index (χ1) is 11.7. The minimum absolute atomic E-state index is 0.350. The van der Waals surface area contributed by atoms with Gasteiger partial charge in [-0.25, -0.2) is 5.43 Å². The van der Waals surface area contributed by atoms with Gasteiger partial charge in [-0.2, -0.15) is 10.2 Å². The summed E-state index contributed by atoms with van der Waals surface area (Å²) < 4.78 is 7.62. The molecule has 1 amide bonds. The maximum absolute atomic E-state index is 12.4. The maximum Gasteiger partial charge on any atom is 0.283 e. The van der Waals surface area contributed by atoms with Crippen LogP contribution in [0.5, 0.6) is 5.75 Å². The van der Waals surface area contributed by atoms with E-state index in [0.717, 1.165) is 23.5 Å². The van der Waals surface area contributed by atoms with E-state index in [1.807, 2.05) is 25.5 Å². The van der Waals surface area contributed by atoms with Gasteiger partial charge in [-0.1, -0.05) is 11.6 Å². The summed E-state index contributed by atoms with van der Waals surface area (Å²) in [6, 6.07) is 6.85. The summed E-state index contributed by atoms with van der Waals surface area (Å²) >= 11 is 5.85. The summed E-state index contributed by atoms with van der Waals surface area (Å²) in [5.74, 6) is 0.210. The van der Waals surface area contributed by atoms with Gasteiger partial charge in [0.2, 0.25) is 0 Å². The molecule has 2 rings (SSSR count). The number of rotatable bonds is 6. The fourth-order valence-corrected chi connectivity index (χ4v) is 2.47. The van der Waals surface area contributed by atoms with Crippen LogP contribution in [-0.2, 0) is 11.3 Å². The van der Waals surface area contributed by atoms with Crippen molar-refractivity contribution in [1.29, 1.82) is 0 Å². The summed E-state index contributed by atoms with van der Waals surface area (Å²) in [6.45, 7) is 10.1. The van der Waals surface area contributed by atoms with Gasteiger partial charge in [-0.15, -0.1) is 0 Å². The predicted octanol–water partition coefficient (Wildman–Crippen LogP) is 3.48. The lowest BCUT2D eigenvalue weighted by atomic mass is 10.1. The third-order valence-corrected chi connectivity index (χ3v) is 4.08. The van der Waals surface area contributed by atoms with Crippen LogP contribution >= 0.6 is 11.6 Å². The molecule has 1 aromatic carbocycles. The van der Waals surface area contributed by atoms with Gasteiger partial charge in [0.1, 0.15) is 5.75 Å². The number of aromatic nitrogens is 2. The Morgan fingerprint density at radius 3 is 2.56 bits per heavy atom. The summed E-state index contributed by atoms with van der Waals surface area (Å²) in [6.07, 6.45) is 1.61. The first-order valence-corrected chi connectivity index (χ1v) is 8.44. The maximum atomic E-state index is 12.4. The van der Waals surface area contributed by atoms with Crippen LogP contribution in [0.3, 0.4) is 0 Å². The number of carbonyl (C=O) groups excluding carboxylic acids is 1. The molecule has 0 atom stereocenters. The SMILES string of the molecule is CCn1nc(C)c(/C=N\NC(=O)C(C)(C)Oc2ccc(Cl)cc2)c1C. The monoisotopic (exact) mass is 362 g/mol. The van der Waals surface area contributed by atoms with E-state index in [4.69, 9.17) is 16.3 Å². The highest BCUT2D eigenvalue weighted by atomic mass is 35.5. The molecule has 0 bridgehead atoms. The quantitative estimate of drug-likeness (QED) is 0.631. The lowest BCUT2D eigenvalue weighted by molar-refractivity contribution is -0.134. The van der Waals surface area contributed by atoms with Crippen molar-refractivity contribution in [2.45, 2.75) is 46.8 Å². The lowest BCUT2D eigenvalue weighted by Gasteiger charge is -2.24. The fraction of sp³-hybridized carbons (Fsp3) is 0.389. The molecule has 0 saturated carbocycles. The Morgan fingerprint density at radius 2 is 2.00 bits per heavy atom. The van der Waals surface area contributed by atoms with Crippen LogP contribution in [0.25, 0.3) is 0 Å². The number of aryl methyl sites for hydroxylation is 2. The smallest absolute Gasteiger partial charge is 0.283 e. The molecule has 0 fully saturated rings. The van der Waals surface area contributed by atoms with E-state index in [1.54, 1.807) is 44.3 Å². The standard InChI is InChI=1S/C18H23ClN4O2/c1-6-23-13(3)16(12(2)22-23)11-20-21-17(24)18(4,5)25-15-9-7-14(19)8-10-15/h7-11H,6H2,1-5H3,(H,21,24)/b20-11-. The summed E-state index contributed by atoms with van der Waals surface area (Å²) in [7, 11) is 0. The van der Waals surface area contributed by atoms with E-state index < -0.39 is 5.60 Å². The van der Waals surface area contributed by atoms with Gasteiger partial charge in [0.05, 0.1) is 11.9 Å². The van der Waals surface area contributed by atoms with Crippen LogP contribution in [0, 0.1) is 13.8 Å². The number of hydrogen-bond acceptors (Lipinski definition) is 4. The number of ether oxygens (including phenoxy) is 1.